The minimum atomic E-state index is -4.71. The van der Waals surface area contributed by atoms with Crippen molar-refractivity contribution in [2.75, 3.05) is 30.4 Å². The molecule has 0 fully saturated rings. The van der Waals surface area contributed by atoms with E-state index in [1.165, 1.54) is 68.8 Å². The second-order valence-corrected chi connectivity index (χ2v) is 8.82. The number of amides is 1. The van der Waals surface area contributed by atoms with Crippen molar-refractivity contribution < 1.29 is 35.9 Å². The summed E-state index contributed by atoms with van der Waals surface area (Å²) in [6, 6.07) is 16.0. The zero-order valence-corrected chi connectivity index (χ0v) is 19.0. The molecule has 1 amide bonds. The van der Waals surface area contributed by atoms with E-state index >= 15 is 0 Å². The molecule has 0 aliphatic heterocycles. The van der Waals surface area contributed by atoms with Crippen LogP contribution in [-0.2, 0) is 21.0 Å². The van der Waals surface area contributed by atoms with Crippen molar-refractivity contribution in [2.45, 2.75) is 11.1 Å². The van der Waals surface area contributed by atoms with E-state index < -0.39 is 39.9 Å². The number of methoxy groups -OCH3 is 2. The summed E-state index contributed by atoms with van der Waals surface area (Å²) in [5.74, 6) is -0.516. The fraction of sp³-hybridized carbons (Fsp3) is 0.174. The minimum absolute atomic E-state index is 0.00593. The number of rotatable bonds is 8. The second kappa shape index (κ2) is 10.0. The van der Waals surface area contributed by atoms with Gasteiger partial charge in [0.2, 0.25) is 5.91 Å². The molecule has 0 saturated carbocycles. The van der Waals surface area contributed by atoms with Crippen LogP contribution in [0.5, 0.6) is 11.5 Å². The number of sulfonamides is 1. The van der Waals surface area contributed by atoms with E-state index in [0.29, 0.717) is 5.75 Å². The highest BCUT2D eigenvalue weighted by atomic mass is 32.2. The SMILES string of the molecule is COc1ccc(N(CC(=O)Nc2ccccc2C(F)(F)F)S(=O)(=O)c2ccccc2)c(OC)c1. The van der Waals surface area contributed by atoms with Crippen LogP contribution >= 0.6 is 0 Å². The molecule has 1 N–H and O–H groups in total. The fourth-order valence-electron chi connectivity index (χ4n) is 3.17. The summed E-state index contributed by atoms with van der Waals surface area (Å²) < 4.78 is 78.1. The Hall–Kier alpha value is -3.73. The van der Waals surface area contributed by atoms with Gasteiger partial charge >= 0.3 is 6.18 Å². The zero-order chi connectivity index (χ0) is 24.9. The summed E-state index contributed by atoms with van der Waals surface area (Å²) in [4.78, 5) is 12.7. The van der Waals surface area contributed by atoms with E-state index in [9.17, 15) is 26.4 Å². The molecule has 0 heterocycles. The van der Waals surface area contributed by atoms with Gasteiger partial charge in [-0.1, -0.05) is 30.3 Å². The predicted molar refractivity (Wildman–Crippen MR) is 121 cm³/mol. The van der Waals surface area contributed by atoms with Crippen molar-refractivity contribution in [2.24, 2.45) is 0 Å². The summed E-state index contributed by atoms with van der Waals surface area (Å²) in [7, 11) is -1.58. The Kier molecular flexibility index (Phi) is 7.35. The van der Waals surface area contributed by atoms with Crippen LogP contribution in [-0.4, -0.2) is 35.1 Å². The van der Waals surface area contributed by atoms with Gasteiger partial charge < -0.3 is 14.8 Å². The van der Waals surface area contributed by atoms with Gasteiger partial charge in [-0.2, -0.15) is 13.2 Å². The number of benzene rings is 3. The van der Waals surface area contributed by atoms with E-state index in [2.05, 4.69) is 5.32 Å². The van der Waals surface area contributed by atoms with Gasteiger partial charge in [0, 0.05) is 6.07 Å². The number of para-hydroxylation sites is 1. The van der Waals surface area contributed by atoms with Crippen molar-refractivity contribution in [1.29, 1.82) is 0 Å². The first-order valence-electron chi connectivity index (χ1n) is 9.84. The summed E-state index contributed by atoms with van der Waals surface area (Å²) in [5.41, 5.74) is -1.53. The molecule has 0 radical (unpaired) electrons. The maximum Gasteiger partial charge on any atom is 0.418 e. The molecule has 11 heteroatoms. The van der Waals surface area contributed by atoms with Gasteiger partial charge in [-0.05, 0) is 36.4 Å². The summed E-state index contributed by atoms with van der Waals surface area (Å²) in [5, 5.41) is 2.17. The molecule has 0 bridgehead atoms. The molecule has 7 nitrogen and oxygen atoms in total. The first-order valence-corrected chi connectivity index (χ1v) is 11.3. The van der Waals surface area contributed by atoms with Crippen molar-refractivity contribution in [3.63, 3.8) is 0 Å². The van der Waals surface area contributed by atoms with Gasteiger partial charge in [-0.15, -0.1) is 0 Å². The number of carbonyl (C=O) groups excluding carboxylic acids is 1. The Labute approximate surface area is 194 Å². The summed E-state index contributed by atoms with van der Waals surface area (Å²) in [6.07, 6.45) is -4.71. The Morgan fingerprint density at radius 2 is 1.59 bits per heavy atom. The van der Waals surface area contributed by atoms with E-state index in [-0.39, 0.29) is 16.3 Å². The van der Waals surface area contributed by atoms with Crippen molar-refractivity contribution in [3.05, 3.63) is 78.4 Å². The van der Waals surface area contributed by atoms with E-state index in [4.69, 9.17) is 9.47 Å². The van der Waals surface area contributed by atoms with E-state index in [1.807, 2.05) is 0 Å². The zero-order valence-electron chi connectivity index (χ0n) is 18.2. The van der Waals surface area contributed by atoms with Crippen molar-refractivity contribution >= 4 is 27.3 Å². The lowest BCUT2D eigenvalue weighted by Gasteiger charge is -2.26. The largest absolute Gasteiger partial charge is 0.497 e. The molecule has 0 saturated heterocycles. The van der Waals surface area contributed by atoms with Gasteiger partial charge in [0.05, 0.1) is 36.1 Å². The van der Waals surface area contributed by atoms with Gasteiger partial charge in [0.1, 0.15) is 18.0 Å². The third-order valence-electron chi connectivity index (χ3n) is 4.78. The number of halogens is 3. The number of nitrogens with zero attached hydrogens (tertiary/aromatic N) is 1. The van der Waals surface area contributed by atoms with Crippen molar-refractivity contribution in [1.82, 2.24) is 0 Å². The lowest BCUT2D eigenvalue weighted by atomic mass is 10.1. The first-order chi connectivity index (χ1) is 16.1. The number of nitrogens with one attached hydrogen (secondary N) is 1. The number of hydrogen-bond donors (Lipinski definition) is 1. The first kappa shape index (κ1) is 24.9. The third kappa shape index (κ3) is 5.42. The summed E-state index contributed by atoms with van der Waals surface area (Å²) in [6.45, 7) is -0.813. The van der Waals surface area contributed by atoms with Crippen LogP contribution < -0.4 is 19.1 Å². The standard InChI is InChI=1S/C23H21F3N2O5S/c1-32-16-12-13-20(21(14-16)33-2)28(34(30,31)17-8-4-3-5-9-17)15-22(29)27-19-11-7-6-10-18(19)23(24,25)26/h3-14H,15H2,1-2H3,(H,27,29). The molecular formula is C23H21F3N2O5S. The smallest absolute Gasteiger partial charge is 0.418 e. The van der Waals surface area contributed by atoms with Crippen LogP contribution in [0.4, 0.5) is 24.5 Å². The molecule has 3 aromatic carbocycles. The fourth-order valence-corrected chi connectivity index (χ4v) is 4.62. The molecule has 0 aliphatic rings. The Morgan fingerprint density at radius 3 is 2.21 bits per heavy atom. The average molecular weight is 494 g/mol. The van der Waals surface area contributed by atoms with Crippen LogP contribution in [0, 0.1) is 0 Å². The highest BCUT2D eigenvalue weighted by Crippen LogP contribution is 2.36. The molecule has 34 heavy (non-hydrogen) atoms. The molecule has 0 spiro atoms. The number of ether oxygens (including phenoxy) is 2. The summed E-state index contributed by atoms with van der Waals surface area (Å²) >= 11 is 0. The lowest BCUT2D eigenvalue weighted by molar-refractivity contribution is -0.137. The third-order valence-corrected chi connectivity index (χ3v) is 6.55. The monoisotopic (exact) mass is 494 g/mol. The number of carbonyl (C=O) groups is 1. The number of alkyl halides is 3. The van der Waals surface area contributed by atoms with Gasteiger partial charge in [0.15, 0.2) is 0 Å². The van der Waals surface area contributed by atoms with Crippen molar-refractivity contribution in [3.8, 4) is 11.5 Å². The molecule has 3 rings (SSSR count). The van der Waals surface area contributed by atoms with E-state index in [1.54, 1.807) is 6.07 Å². The maximum absolute atomic E-state index is 13.4. The molecule has 0 unspecified atom stereocenters. The van der Waals surface area contributed by atoms with Crippen LogP contribution in [0.1, 0.15) is 5.56 Å². The van der Waals surface area contributed by atoms with Gasteiger partial charge in [-0.3, -0.25) is 9.10 Å². The molecule has 0 aromatic heterocycles. The molecule has 180 valence electrons. The van der Waals surface area contributed by atoms with E-state index in [0.717, 1.165) is 16.4 Å². The quantitative estimate of drug-likeness (QED) is 0.497. The van der Waals surface area contributed by atoms with Gasteiger partial charge in [0.25, 0.3) is 10.0 Å². The molecule has 0 atom stereocenters. The highest BCUT2D eigenvalue weighted by molar-refractivity contribution is 7.92. The maximum atomic E-state index is 13.4. The topological polar surface area (TPSA) is 84.9 Å². The molecule has 0 aliphatic carbocycles. The highest BCUT2D eigenvalue weighted by Gasteiger charge is 2.34. The number of hydrogen-bond acceptors (Lipinski definition) is 5. The van der Waals surface area contributed by atoms with Crippen LogP contribution in [0.2, 0.25) is 0 Å². The lowest BCUT2D eigenvalue weighted by Crippen LogP contribution is -2.38. The minimum Gasteiger partial charge on any atom is -0.497 e. The number of anilines is 2. The molecular weight excluding hydrogens is 473 g/mol. The Bertz CT molecular complexity index is 1270. The second-order valence-electron chi connectivity index (χ2n) is 6.95. The Balaban J connectivity index is 2.04. The van der Waals surface area contributed by atoms with Crippen LogP contribution in [0.15, 0.2) is 77.7 Å². The predicted octanol–water partition coefficient (Wildman–Crippen LogP) is 4.56. The molecule has 3 aromatic rings. The average Bonchev–Trinajstić information content (AvgIpc) is 2.82. The van der Waals surface area contributed by atoms with Gasteiger partial charge in [-0.25, -0.2) is 8.42 Å². The van der Waals surface area contributed by atoms with Crippen LogP contribution in [0.25, 0.3) is 0 Å². The Morgan fingerprint density at radius 1 is 0.941 bits per heavy atom. The van der Waals surface area contributed by atoms with Crippen LogP contribution in [0.3, 0.4) is 0 Å². The normalized spacial score (nSPS) is 11.6.